The van der Waals surface area contributed by atoms with E-state index in [0.29, 0.717) is 0 Å². The SMILES string of the molecule is Clc1cccc2c1ccn2C/C=C/c1ccccc1. The Morgan fingerprint density at radius 2 is 1.79 bits per heavy atom. The van der Waals surface area contributed by atoms with Crippen LogP contribution in [0, 0.1) is 0 Å². The zero-order valence-corrected chi connectivity index (χ0v) is 11.2. The van der Waals surface area contributed by atoms with Gasteiger partial charge in [-0.05, 0) is 23.8 Å². The summed E-state index contributed by atoms with van der Waals surface area (Å²) in [5.41, 5.74) is 2.39. The van der Waals surface area contributed by atoms with E-state index in [9.17, 15) is 0 Å². The molecule has 1 aromatic heterocycles. The minimum Gasteiger partial charge on any atom is -0.344 e. The van der Waals surface area contributed by atoms with Crippen LogP contribution >= 0.6 is 11.6 Å². The number of hydrogen-bond acceptors (Lipinski definition) is 0. The van der Waals surface area contributed by atoms with Crippen molar-refractivity contribution in [1.29, 1.82) is 0 Å². The monoisotopic (exact) mass is 267 g/mol. The van der Waals surface area contributed by atoms with Gasteiger partial charge in [0.25, 0.3) is 0 Å². The highest BCUT2D eigenvalue weighted by Gasteiger charge is 2.02. The van der Waals surface area contributed by atoms with Gasteiger partial charge < -0.3 is 4.57 Å². The molecule has 0 atom stereocenters. The van der Waals surface area contributed by atoms with Gasteiger partial charge in [0.2, 0.25) is 0 Å². The van der Waals surface area contributed by atoms with E-state index in [1.54, 1.807) is 0 Å². The van der Waals surface area contributed by atoms with Gasteiger partial charge in [-0.15, -0.1) is 0 Å². The predicted octanol–water partition coefficient (Wildman–Crippen LogP) is 5.01. The molecule has 0 fully saturated rings. The molecule has 0 saturated heterocycles. The van der Waals surface area contributed by atoms with E-state index in [4.69, 9.17) is 11.6 Å². The van der Waals surface area contributed by atoms with Crippen molar-refractivity contribution < 1.29 is 0 Å². The third-order valence-corrected chi connectivity index (χ3v) is 3.50. The smallest absolute Gasteiger partial charge is 0.0499 e. The molecular formula is C17H14ClN. The van der Waals surface area contributed by atoms with Crippen molar-refractivity contribution >= 4 is 28.6 Å². The summed E-state index contributed by atoms with van der Waals surface area (Å²) in [4.78, 5) is 0. The standard InChI is InChI=1S/C17H14ClN/c18-16-9-4-10-17-15(16)11-13-19(17)12-5-8-14-6-2-1-3-7-14/h1-11,13H,12H2/b8-5+. The highest BCUT2D eigenvalue weighted by atomic mass is 35.5. The van der Waals surface area contributed by atoms with E-state index in [1.807, 2.05) is 30.3 Å². The first-order valence-corrected chi connectivity index (χ1v) is 6.67. The molecule has 0 bridgehead atoms. The summed E-state index contributed by atoms with van der Waals surface area (Å²) in [7, 11) is 0. The highest BCUT2D eigenvalue weighted by molar-refractivity contribution is 6.35. The van der Waals surface area contributed by atoms with Crippen molar-refractivity contribution in [2.24, 2.45) is 0 Å². The molecule has 19 heavy (non-hydrogen) atoms. The van der Waals surface area contributed by atoms with Gasteiger partial charge in [-0.2, -0.15) is 0 Å². The number of hydrogen-bond donors (Lipinski definition) is 0. The minimum atomic E-state index is 0.809. The molecule has 1 nitrogen and oxygen atoms in total. The van der Waals surface area contributed by atoms with Crippen molar-refractivity contribution in [3.63, 3.8) is 0 Å². The zero-order chi connectivity index (χ0) is 13.1. The summed E-state index contributed by atoms with van der Waals surface area (Å²) in [6, 6.07) is 18.4. The van der Waals surface area contributed by atoms with Crippen molar-refractivity contribution in [3.8, 4) is 0 Å². The van der Waals surface area contributed by atoms with E-state index in [0.717, 1.165) is 17.0 Å². The lowest BCUT2D eigenvalue weighted by Gasteiger charge is -2.01. The first-order valence-electron chi connectivity index (χ1n) is 6.29. The molecule has 3 rings (SSSR count). The van der Waals surface area contributed by atoms with Crippen molar-refractivity contribution in [1.82, 2.24) is 4.57 Å². The fourth-order valence-electron chi connectivity index (χ4n) is 2.21. The molecule has 94 valence electrons. The summed E-state index contributed by atoms with van der Waals surface area (Å²) in [6.07, 6.45) is 6.37. The van der Waals surface area contributed by atoms with Gasteiger partial charge in [-0.1, -0.05) is 60.2 Å². The Kier molecular flexibility index (Phi) is 3.39. The molecule has 2 aromatic carbocycles. The van der Waals surface area contributed by atoms with Crippen molar-refractivity contribution in [3.05, 3.63) is 77.5 Å². The molecule has 1 heterocycles. The molecular weight excluding hydrogens is 254 g/mol. The van der Waals surface area contributed by atoms with Crippen molar-refractivity contribution in [2.75, 3.05) is 0 Å². The van der Waals surface area contributed by atoms with Crippen LogP contribution in [0.5, 0.6) is 0 Å². The number of nitrogens with zero attached hydrogens (tertiary/aromatic N) is 1. The number of allylic oxidation sites excluding steroid dienone is 1. The lowest BCUT2D eigenvalue weighted by molar-refractivity contribution is 0.866. The second-order valence-electron chi connectivity index (χ2n) is 4.45. The summed E-state index contributed by atoms with van der Waals surface area (Å²) in [5.74, 6) is 0. The van der Waals surface area contributed by atoms with E-state index in [-0.39, 0.29) is 0 Å². The second kappa shape index (κ2) is 5.33. The maximum Gasteiger partial charge on any atom is 0.0499 e. The third kappa shape index (κ3) is 2.56. The van der Waals surface area contributed by atoms with Gasteiger partial charge >= 0.3 is 0 Å². The summed E-state index contributed by atoms with van der Waals surface area (Å²) >= 11 is 6.17. The Hall–Kier alpha value is -1.99. The molecule has 0 radical (unpaired) electrons. The zero-order valence-electron chi connectivity index (χ0n) is 10.5. The Morgan fingerprint density at radius 3 is 2.63 bits per heavy atom. The summed E-state index contributed by atoms with van der Waals surface area (Å²) in [6.45, 7) is 0.846. The molecule has 0 aliphatic rings. The average molecular weight is 268 g/mol. The Balaban J connectivity index is 1.83. The van der Waals surface area contributed by atoms with Crippen LogP contribution in [0.3, 0.4) is 0 Å². The topological polar surface area (TPSA) is 4.93 Å². The van der Waals surface area contributed by atoms with Crippen LogP contribution in [-0.2, 0) is 6.54 Å². The van der Waals surface area contributed by atoms with Gasteiger partial charge in [0, 0.05) is 28.7 Å². The van der Waals surface area contributed by atoms with Gasteiger partial charge in [-0.25, -0.2) is 0 Å². The Labute approximate surface area is 117 Å². The molecule has 0 aliphatic heterocycles. The van der Waals surface area contributed by atoms with Gasteiger partial charge in [0.15, 0.2) is 0 Å². The first-order chi connectivity index (χ1) is 9.34. The molecule has 0 unspecified atom stereocenters. The number of halogens is 1. The van der Waals surface area contributed by atoms with E-state index in [1.165, 1.54) is 11.1 Å². The highest BCUT2D eigenvalue weighted by Crippen LogP contribution is 2.24. The quantitative estimate of drug-likeness (QED) is 0.629. The van der Waals surface area contributed by atoms with Crippen LogP contribution in [0.4, 0.5) is 0 Å². The van der Waals surface area contributed by atoms with Crippen LogP contribution in [0.2, 0.25) is 5.02 Å². The summed E-state index contributed by atoms with van der Waals surface area (Å²) < 4.78 is 2.20. The van der Waals surface area contributed by atoms with E-state index in [2.05, 4.69) is 47.2 Å². The molecule has 0 amide bonds. The van der Waals surface area contributed by atoms with Gasteiger partial charge in [0.05, 0.1) is 0 Å². The average Bonchev–Trinajstić information content (AvgIpc) is 2.85. The van der Waals surface area contributed by atoms with Gasteiger partial charge in [-0.3, -0.25) is 0 Å². The molecule has 0 spiro atoms. The fourth-order valence-corrected chi connectivity index (χ4v) is 2.44. The third-order valence-electron chi connectivity index (χ3n) is 3.17. The summed E-state index contributed by atoms with van der Waals surface area (Å²) in [5, 5.41) is 1.92. The number of fused-ring (bicyclic) bond motifs is 1. The molecule has 3 aromatic rings. The number of benzene rings is 2. The Morgan fingerprint density at radius 1 is 0.947 bits per heavy atom. The van der Waals surface area contributed by atoms with Crippen LogP contribution in [0.25, 0.3) is 17.0 Å². The van der Waals surface area contributed by atoms with Crippen LogP contribution < -0.4 is 0 Å². The molecule has 0 saturated carbocycles. The second-order valence-corrected chi connectivity index (χ2v) is 4.86. The molecule has 0 aliphatic carbocycles. The lowest BCUT2D eigenvalue weighted by Crippen LogP contribution is -1.91. The van der Waals surface area contributed by atoms with Gasteiger partial charge in [0.1, 0.15) is 0 Å². The maximum atomic E-state index is 6.17. The molecule has 2 heteroatoms. The van der Waals surface area contributed by atoms with Crippen molar-refractivity contribution in [2.45, 2.75) is 6.54 Å². The molecule has 0 N–H and O–H groups in total. The van der Waals surface area contributed by atoms with Crippen LogP contribution in [0.15, 0.2) is 66.9 Å². The normalized spacial score (nSPS) is 11.4. The predicted molar refractivity (Wildman–Crippen MR) is 82.4 cm³/mol. The largest absolute Gasteiger partial charge is 0.344 e. The maximum absolute atomic E-state index is 6.17. The van der Waals surface area contributed by atoms with E-state index >= 15 is 0 Å². The minimum absolute atomic E-state index is 0.809. The van der Waals surface area contributed by atoms with Crippen LogP contribution in [-0.4, -0.2) is 4.57 Å². The number of aromatic nitrogens is 1. The number of rotatable bonds is 3. The fraction of sp³-hybridized carbons (Fsp3) is 0.0588. The first kappa shape index (κ1) is 12.1. The Bertz CT molecular complexity index is 710. The van der Waals surface area contributed by atoms with E-state index < -0.39 is 0 Å². The van der Waals surface area contributed by atoms with Crippen LogP contribution in [0.1, 0.15) is 5.56 Å². The lowest BCUT2D eigenvalue weighted by atomic mass is 10.2.